The van der Waals surface area contributed by atoms with Crippen LogP contribution in [-0.4, -0.2) is 54.3 Å². The number of carbonyl (C=O) groups is 1. The van der Waals surface area contributed by atoms with Gasteiger partial charge in [0.05, 0.1) is 6.61 Å². The van der Waals surface area contributed by atoms with Crippen molar-refractivity contribution in [1.82, 2.24) is 15.1 Å². The Kier molecular flexibility index (Phi) is 5.83. The van der Waals surface area contributed by atoms with E-state index in [1.54, 1.807) is 11.3 Å². The highest BCUT2D eigenvalue weighted by molar-refractivity contribution is 7.14. The van der Waals surface area contributed by atoms with Gasteiger partial charge >= 0.3 is 0 Å². The summed E-state index contributed by atoms with van der Waals surface area (Å²) >= 11 is 1.60. The van der Waals surface area contributed by atoms with E-state index in [1.165, 1.54) is 16.7 Å². The van der Waals surface area contributed by atoms with Crippen LogP contribution in [0.4, 0.5) is 5.69 Å². The number of hydrogen-bond acceptors (Lipinski definition) is 6. The summed E-state index contributed by atoms with van der Waals surface area (Å²) in [5.74, 6) is 1.09. The second-order valence-corrected chi connectivity index (χ2v) is 12.5. The molecule has 4 aromatic rings. The van der Waals surface area contributed by atoms with Crippen LogP contribution in [0.1, 0.15) is 44.9 Å². The molecule has 0 atom stereocenters. The molecule has 0 N–H and O–H groups in total. The zero-order chi connectivity index (χ0) is 26.7. The third-order valence-electron chi connectivity index (χ3n) is 8.78. The molecule has 3 aromatic carbocycles. The Morgan fingerprint density at radius 3 is 2.44 bits per heavy atom. The van der Waals surface area contributed by atoms with E-state index in [2.05, 4.69) is 71.5 Å². The van der Waals surface area contributed by atoms with Gasteiger partial charge in [0.1, 0.15) is 15.8 Å². The van der Waals surface area contributed by atoms with Crippen LogP contribution >= 0.6 is 11.3 Å². The Balaban J connectivity index is 1.13. The number of fused-ring (bicyclic) bond motifs is 3. The first kappa shape index (κ1) is 24.5. The zero-order valence-electron chi connectivity index (χ0n) is 22.7. The second-order valence-electron chi connectivity index (χ2n) is 11.3. The fourth-order valence-electron chi connectivity index (χ4n) is 6.40. The second kappa shape index (κ2) is 9.28. The number of rotatable bonds is 3. The quantitative estimate of drug-likeness (QED) is 0.319. The molecule has 0 bridgehead atoms. The number of ether oxygens (including phenoxy) is 1. The lowest BCUT2D eigenvalue weighted by atomic mass is 9.74. The summed E-state index contributed by atoms with van der Waals surface area (Å²) in [4.78, 5) is 18.1. The van der Waals surface area contributed by atoms with Crippen molar-refractivity contribution in [2.24, 2.45) is 0 Å². The minimum Gasteiger partial charge on any atom is -0.492 e. The molecule has 1 aromatic heterocycles. The topological polar surface area (TPSA) is 58.6 Å². The first-order chi connectivity index (χ1) is 18.9. The highest BCUT2D eigenvalue weighted by Crippen LogP contribution is 2.49. The summed E-state index contributed by atoms with van der Waals surface area (Å²) in [6.45, 7) is 7.72. The lowest BCUT2D eigenvalue weighted by Gasteiger charge is -2.37. The van der Waals surface area contributed by atoms with Crippen LogP contribution in [0.15, 0.2) is 54.6 Å². The predicted octanol–water partition coefficient (Wildman–Crippen LogP) is 6.05. The minimum atomic E-state index is 0.0651. The molecule has 7 heteroatoms. The van der Waals surface area contributed by atoms with E-state index in [-0.39, 0.29) is 11.3 Å². The summed E-state index contributed by atoms with van der Waals surface area (Å²) in [6.07, 6.45) is 3.07. The van der Waals surface area contributed by atoms with Crippen molar-refractivity contribution in [3.8, 4) is 27.4 Å². The Morgan fingerprint density at radius 2 is 1.72 bits per heavy atom. The number of amides is 1. The first-order valence-corrected chi connectivity index (χ1v) is 14.5. The van der Waals surface area contributed by atoms with Gasteiger partial charge in [-0.3, -0.25) is 4.79 Å². The van der Waals surface area contributed by atoms with Gasteiger partial charge in [-0.25, -0.2) is 0 Å². The number of carbonyl (C=O) groups excluding carboxylic acids is 1. The molecule has 4 heterocycles. The number of aromatic nitrogens is 2. The van der Waals surface area contributed by atoms with Crippen molar-refractivity contribution < 1.29 is 9.53 Å². The van der Waals surface area contributed by atoms with Crippen molar-refractivity contribution in [2.45, 2.75) is 38.5 Å². The summed E-state index contributed by atoms with van der Waals surface area (Å²) in [5, 5.41) is 10.3. The molecule has 1 saturated heterocycles. The van der Waals surface area contributed by atoms with Gasteiger partial charge in [0.15, 0.2) is 0 Å². The highest BCUT2D eigenvalue weighted by atomic mass is 32.1. The molecule has 3 aliphatic rings. The molecule has 3 aliphatic heterocycles. The predicted molar refractivity (Wildman–Crippen MR) is 156 cm³/mol. The van der Waals surface area contributed by atoms with E-state index in [0.29, 0.717) is 6.54 Å². The van der Waals surface area contributed by atoms with Crippen LogP contribution in [0.2, 0.25) is 0 Å². The van der Waals surface area contributed by atoms with Crippen LogP contribution in [0.25, 0.3) is 21.7 Å². The molecule has 6 nitrogen and oxygen atoms in total. The normalized spacial score (nSPS) is 17.8. The number of aryl methyl sites for hydroxylation is 2. The Bertz CT molecular complexity index is 1580. The smallest absolute Gasteiger partial charge is 0.258 e. The van der Waals surface area contributed by atoms with Gasteiger partial charge in [0.25, 0.3) is 5.91 Å². The lowest BCUT2D eigenvalue weighted by Crippen LogP contribution is -2.42. The maximum absolute atomic E-state index is 13.7. The summed E-state index contributed by atoms with van der Waals surface area (Å²) in [7, 11) is 2.19. The Labute approximate surface area is 233 Å². The van der Waals surface area contributed by atoms with E-state index in [4.69, 9.17) is 4.74 Å². The average Bonchev–Trinajstić information content (AvgIpc) is 3.66. The monoisotopic (exact) mass is 536 g/mol. The third-order valence-corrected chi connectivity index (χ3v) is 9.67. The summed E-state index contributed by atoms with van der Waals surface area (Å²) in [5.41, 5.74) is 8.89. The first-order valence-electron chi connectivity index (χ1n) is 13.7. The number of piperidine rings is 1. The standard InChI is InChI=1S/C32H32N4O2S/c1-20-16-25(30-34-33-21(2)39-30)8-9-26(20)22-4-6-23(7-5-22)31(37)36-13-10-24-17-29-27(18-28(24)36)32(19-38-29)11-14-35(3)15-12-32/h4-9,16-18H,10-15,19H2,1-3H3. The average molecular weight is 537 g/mol. The molecule has 7 rings (SSSR count). The molecule has 0 saturated carbocycles. The van der Waals surface area contributed by atoms with Crippen molar-refractivity contribution in [2.75, 3.05) is 38.2 Å². The number of hydrogen-bond donors (Lipinski definition) is 0. The van der Waals surface area contributed by atoms with Crippen LogP contribution in [-0.2, 0) is 11.8 Å². The number of nitrogens with zero attached hydrogens (tertiary/aromatic N) is 4. The molecule has 0 unspecified atom stereocenters. The molecular formula is C32H32N4O2S. The lowest BCUT2D eigenvalue weighted by molar-refractivity contribution is 0.0989. The largest absolute Gasteiger partial charge is 0.492 e. The van der Waals surface area contributed by atoms with Gasteiger partial charge in [0, 0.05) is 34.3 Å². The highest BCUT2D eigenvalue weighted by Gasteiger charge is 2.44. The van der Waals surface area contributed by atoms with E-state index >= 15 is 0 Å². The van der Waals surface area contributed by atoms with E-state index < -0.39 is 0 Å². The molecule has 1 amide bonds. The molecule has 198 valence electrons. The van der Waals surface area contributed by atoms with Crippen molar-refractivity contribution in [1.29, 1.82) is 0 Å². The number of likely N-dealkylation sites (tertiary alicyclic amines) is 1. The van der Waals surface area contributed by atoms with Crippen LogP contribution in [0.3, 0.4) is 0 Å². The van der Waals surface area contributed by atoms with Gasteiger partial charge in [-0.1, -0.05) is 35.6 Å². The minimum absolute atomic E-state index is 0.0651. The fraction of sp³-hybridized carbons (Fsp3) is 0.344. The van der Waals surface area contributed by atoms with Crippen molar-refractivity contribution >= 4 is 22.9 Å². The molecule has 1 spiro atoms. The third kappa shape index (κ3) is 4.15. The van der Waals surface area contributed by atoms with E-state index in [0.717, 1.165) is 82.7 Å². The molecule has 39 heavy (non-hydrogen) atoms. The van der Waals surface area contributed by atoms with Gasteiger partial charge in [0.2, 0.25) is 0 Å². The molecule has 0 aliphatic carbocycles. The van der Waals surface area contributed by atoms with E-state index in [9.17, 15) is 4.79 Å². The molecule has 0 radical (unpaired) electrons. The number of anilines is 1. The Hall–Kier alpha value is -3.55. The van der Waals surface area contributed by atoms with Crippen LogP contribution in [0, 0.1) is 13.8 Å². The maximum atomic E-state index is 13.7. The summed E-state index contributed by atoms with van der Waals surface area (Å²) < 4.78 is 6.20. The van der Waals surface area contributed by atoms with Crippen molar-refractivity contribution in [3.63, 3.8) is 0 Å². The van der Waals surface area contributed by atoms with Crippen LogP contribution in [0.5, 0.6) is 5.75 Å². The van der Waals surface area contributed by atoms with Gasteiger partial charge in [-0.15, -0.1) is 10.2 Å². The fourth-order valence-corrected chi connectivity index (χ4v) is 7.08. The van der Waals surface area contributed by atoms with Gasteiger partial charge < -0.3 is 14.5 Å². The van der Waals surface area contributed by atoms with Gasteiger partial charge in [-0.05, 0) is 106 Å². The van der Waals surface area contributed by atoms with Crippen LogP contribution < -0.4 is 9.64 Å². The molecular weight excluding hydrogens is 504 g/mol. The summed E-state index contributed by atoms with van der Waals surface area (Å²) in [6, 6.07) is 18.9. The SMILES string of the molecule is Cc1nnc(-c2ccc(-c3ccc(C(=O)N4CCc5cc6c(cc54)C4(CCN(C)CC4)CO6)cc3)c(C)c2)s1. The maximum Gasteiger partial charge on any atom is 0.258 e. The zero-order valence-corrected chi connectivity index (χ0v) is 23.5. The van der Waals surface area contributed by atoms with E-state index in [1.807, 2.05) is 24.0 Å². The Morgan fingerprint density at radius 1 is 0.949 bits per heavy atom. The number of benzene rings is 3. The van der Waals surface area contributed by atoms with Crippen molar-refractivity contribution in [3.05, 3.63) is 81.9 Å². The molecule has 1 fully saturated rings. The van der Waals surface area contributed by atoms with Gasteiger partial charge in [-0.2, -0.15) is 0 Å².